The smallest absolute Gasteiger partial charge is 0.256 e. The minimum absolute atomic E-state index is 0.00755. The molecule has 0 aromatic heterocycles. The number of amides is 1. The van der Waals surface area contributed by atoms with Gasteiger partial charge in [0.05, 0.1) is 18.4 Å². The molecule has 0 bridgehead atoms. The number of ether oxygens (including phenoxy) is 1. The van der Waals surface area contributed by atoms with Gasteiger partial charge in [-0.15, -0.1) is 0 Å². The highest BCUT2D eigenvalue weighted by Crippen LogP contribution is 2.35. The van der Waals surface area contributed by atoms with E-state index >= 15 is 0 Å². The van der Waals surface area contributed by atoms with Crippen molar-refractivity contribution in [3.05, 3.63) is 23.8 Å². The zero-order valence-electron chi connectivity index (χ0n) is 12.8. The third kappa shape index (κ3) is 2.74. The van der Waals surface area contributed by atoms with Gasteiger partial charge in [0.1, 0.15) is 5.75 Å². The van der Waals surface area contributed by atoms with Crippen LogP contribution in [0.4, 0.5) is 5.69 Å². The van der Waals surface area contributed by atoms with Crippen LogP contribution in [0.1, 0.15) is 37.6 Å². The van der Waals surface area contributed by atoms with Crippen LogP contribution in [0.15, 0.2) is 18.2 Å². The van der Waals surface area contributed by atoms with Crippen LogP contribution in [0.5, 0.6) is 5.75 Å². The van der Waals surface area contributed by atoms with Gasteiger partial charge >= 0.3 is 0 Å². The third-order valence-electron chi connectivity index (χ3n) is 4.22. The van der Waals surface area contributed by atoms with E-state index in [4.69, 9.17) is 10.5 Å². The third-order valence-corrected chi connectivity index (χ3v) is 4.22. The number of hydrogen-bond donors (Lipinski definition) is 1. The first-order chi connectivity index (χ1) is 9.34. The zero-order valence-corrected chi connectivity index (χ0v) is 12.8. The number of methoxy groups -OCH3 is 1. The molecular weight excluding hydrogens is 252 g/mol. The van der Waals surface area contributed by atoms with E-state index in [0.717, 1.165) is 19.5 Å². The summed E-state index contributed by atoms with van der Waals surface area (Å²) < 4.78 is 5.18. The highest BCUT2D eigenvalue weighted by atomic mass is 16.5. The number of benzene rings is 1. The molecule has 1 unspecified atom stereocenters. The lowest BCUT2D eigenvalue weighted by atomic mass is 9.80. The second-order valence-corrected chi connectivity index (χ2v) is 6.52. The fraction of sp³-hybridized carbons (Fsp3) is 0.562. The summed E-state index contributed by atoms with van der Waals surface area (Å²) in [6.07, 6.45) is 1.05. The molecule has 0 saturated carbocycles. The molecule has 1 aliphatic heterocycles. The van der Waals surface area contributed by atoms with Crippen LogP contribution in [0.2, 0.25) is 0 Å². The van der Waals surface area contributed by atoms with E-state index in [9.17, 15) is 4.79 Å². The first kappa shape index (κ1) is 14.7. The van der Waals surface area contributed by atoms with Crippen molar-refractivity contribution in [1.82, 2.24) is 4.90 Å². The zero-order chi connectivity index (χ0) is 14.9. The maximum Gasteiger partial charge on any atom is 0.256 e. The quantitative estimate of drug-likeness (QED) is 0.845. The van der Waals surface area contributed by atoms with E-state index in [1.54, 1.807) is 25.3 Å². The van der Waals surface area contributed by atoms with Crippen LogP contribution in [0.3, 0.4) is 0 Å². The first-order valence-electron chi connectivity index (χ1n) is 7.06. The van der Waals surface area contributed by atoms with Gasteiger partial charge in [-0.2, -0.15) is 0 Å². The summed E-state index contributed by atoms with van der Waals surface area (Å²) >= 11 is 0. The largest absolute Gasteiger partial charge is 0.495 e. The van der Waals surface area contributed by atoms with Crippen LogP contribution in [0, 0.1) is 11.3 Å². The van der Waals surface area contributed by atoms with E-state index in [0.29, 0.717) is 22.9 Å². The van der Waals surface area contributed by atoms with Gasteiger partial charge in [0, 0.05) is 13.1 Å². The molecule has 1 aliphatic rings. The topological polar surface area (TPSA) is 55.6 Å². The molecule has 110 valence electrons. The van der Waals surface area contributed by atoms with Gasteiger partial charge in [-0.1, -0.05) is 26.8 Å². The second kappa shape index (κ2) is 5.35. The maximum absolute atomic E-state index is 12.6. The number of carbonyl (C=O) groups excluding carboxylic acids is 1. The minimum Gasteiger partial charge on any atom is -0.495 e. The Morgan fingerprint density at radius 2 is 2.10 bits per heavy atom. The van der Waals surface area contributed by atoms with Gasteiger partial charge in [-0.25, -0.2) is 0 Å². The van der Waals surface area contributed by atoms with Crippen LogP contribution in [0.25, 0.3) is 0 Å². The van der Waals surface area contributed by atoms with Crippen molar-refractivity contribution in [3.63, 3.8) is 0 Å². The molecular formula is C16H24N2O2. The second-order valence-electron chi connectivity index (χ2n) is 6.52. The molecule has 0 radical (unpaired) electrons. The Bertz CT molecular complexity index is 506. The molecule has 20 heavy (non-hydrogen) atoms. The van der Waals surface area contributed by atoms with E-state index in [1.807, 2.05) is 4.90 Å². The molecule has 1 aromatic rings. The SMILES string of the molecule is COc1cccc(C(=O)N2CCC(C(C)(C)C)C2)c1N. The summed E-state index contributed by atoms with van der Waals surface area (Å²) in [6, 6.07) is 5.35. The monoisotopic (exact) mass is 276 g/mol. The highest BCUT2D eigenvalue weighted by molar-refractivity contribution is 6.00. The molecule has 0 spiro atoms. The number of carbonyl (C=O) groups is 1. The Kier molecular flexibility index (Phi) is 3.93. The number of para-hydroxylation sites is 1. The predicted molar refractivity (Wildman–Crippen MR) is 80.9 cm³/mol. The lowest BCUT2D eigenvalue weighted by molar-refractivity contribution is 0.0777. The number of nitrogens with zero attached hydrogens (tertiary/aromatic N) is 1. The van der Waals surface area contributed by atoms with Gasteiger partial charge < -0.3 is 15.4 Å². The summed E-state index contributed by atoms with van der Waals surface area (Å²) in [7, 11) is 1.56. The number of likely N-dealkylation sites (tertiary alicyclic amines) is 1. The van der Waals surface area contributed by atoms with Crippen molar-refractivity contribution in [2.24, 2.45) is 11.3 Å². The molecule has 1 amide bonds. The summed E-state index contributed by atoms with van der Waals surface area (Å²) in [5, 5.41) is 0. The molecule has 1 heterocycles. The summed E-state index contributed by atoms with van der Waals surface area (Å²) in [4.78, 5) is 14.5. The maximum atomic E-state index is 12.6. The fourth-order valence-electron chi connectivity index (χ4n) is 2.73. The molecule has 1 aromatic carbocycles. The van der Waals surface area contributed by atoms with E-state index in [-0.39, 0.29) is 11.3 Å². The average Bonchev–Trinajstić information content (AvgIpc) is 2.87. The van der Waals surface area contributed by atoms with E-state index in [2.05, 4.69) is 20.8 Å². The lowest BCUT2D eigenvalue weighted by Crippen LogP contribution is -2.31. The Labute approximate surface area is 120 Å². The van der Waals surface area contributed by atoms with E-state index in [1.165, 1.54) is 0 Å². The molecule has 1 fully saturated rings. The Morgan fingerprint density at radius 1 is 1.40 bits per heavy atom. The number of anilines is 1. The molecule has 4 heteroatoms. The normalized spacial score (nSPS) is 19.2. The van der Waals surface area contributed by atoms with Crippen molar-refractivity contribution >= 4 is 11.6 Å². The summed E-state index contributed by atoms with van der Waals surface area (Å²) in [5.41, 5.74) is 7.21. The van der Waals surface area contributed by atoms with Gasteiger partial charge in [-0.05, 0) is 29.9 Å². The van der Waals surface area contributed by atoms with Crippen molar-refractivity contribution < 1.29 is 9.53 Å². The van der Waals surface area contributed by atoms with Crippen LogP contribution < -0.4 is 10.5 Å². The lowest BCUT2D eigenvalue weighted by Gasteiger charge is -2.27. The number of nitrogens with two attached hydrogens (primary N) is 1. The van der Waals surface area contributed by atoms with Gasteiger partial charge in [0.15, 0.2) is 0 Å². The molecule has 1 saturated heterocycles. The number of nitrogen functional groups attached to an aromatic ring is 1. The molecule has 0 aliphatic carbocycles. The molecule has 2 rings (SSSR count). The summed E-state index contributed by atoms with van der Waals surface area (Å²) in [6.45, 7) is 8.29. The number of hydrogen-bond acceptors (Lipinski definition) is 3. The standard InChI is InChI=1S/C16H24N2O2/c1-16(2,3)11-8-9-18(10-11)15(19)12-6-5-7-13(20-4)14(12)17/h5-7,11H,8-10,17H2,1-4H3. The molecule has 2 N–H and O–H groups in total. The summed E-state index contributed by atoms with van der Waals surface area (Å²) in [5.74, 6) is 1.11. The fourth-order valence-corrected chi connectivity index (χ4v) is 2.73. The van der Waals surface area contributed by atoms with Gasteiger partial charge in [0.25, 0.3) is 5.91 Å². The molecule has 1 atom stereocenters. The highest BCUT2D eigenvalue weighted by Gasteiger charge is 2.34. The Morgan fingerprint density at radius 3 is 2.65 bits per heavy atom. The average molecular weight is 276 g/mol. The van der Waals surface area contributed by atoms with Crippen molar-refractivity contribution in [3.8, 4) is 5.75 Å². The Balaban J connectivity index is 2.18. The minimum atomic E-state index is 0.00755. The predicted octanol–water partition coefficient (Wildman–Crippen LogP) is 2.79. The van der Waals surface area contributed by atoms with Gasteiger partial charge in [0.2, 0.25) is 0 Å². The Hall–Kier alpha value is -1.71. The van der Waals surface area contributed by atoms with Crippen molar-refractivity contribution in [1.29, 1.82) is 0 Å². The number of rotatable bonds is 2. The van der Waals surface area contributed by atoms with E-state index < -0.39 is 0 Å². The van der Waals surface area contributed by atoms with Crippen LogP contribution in [-0.4, -0.2) is 31.0 Å². The van der Waals surface area contributed by atoms with Crippen LogP contribution >= 0.6 is 0 Å². The van der Waals surface area contributed by atoms with Gasteiger partial charge in [-0.3, -0.25) is 4.79 Å². The van der Waals surface area contributed by atoms with Crippen LogP contribution in [-0.2, 0) is 0 Å². The first-order valence-corrected chi connectivity index (χ1v) is 7.06. The molecule has 4 nitrogen and oxygen atoms in total. The van der Waals surface area contributed by atoms with Crippen molar-refractivity contribution in [2.75, 3.05) is 25.9 Å². The van der Waals surface area contributed by atoms with Crippen molar-refractivity contribution in [2.45, 2.75) is 27.2 Å².